The Hall–Kier alpha value is -2.48. The first-order valence-corrected chi connectivity index (χ1v) is 11.5. The summed E-state index contributed by atoms with van der Waals surface area (Å²) in [7, 11) is 0. The van der Waals surface area contributed by atoms with Gasteiger partial charge in [-0.15, -0.1) is 0 Å². The Balaban J connectivity index is 1.60. The lowest BCUT2D eigenvalue weighted by atomic mass is 9.68. The fourth-order valence-electron chi connectivity index (χ4n) is 5.01. The van der Waals surface area contributed by atoms with Crippen molar-refractivity contribution in [3.05, 3.63) is 39.4 Å². The minimum Gasteiger partial charge on any atom is -0.388 e. The molecule has 1 atom stereocenters. The number of aryl methyl sites for hydroxylation is 1. The Labute approximate surface area is 189 Å². The molecule has 8 nitrogen and oxygen atoms in total. The first kappa shape index (κ1) is 24.2. The molecule has 1 unspecified atom stereocenters. The highest BCUT2D eigenvalue weighted by molar-refractivity contribution is 5.98. The molecule has 0 bridgehead atoms. The topological polar surface area (TPSA) is 113 Å². The zero-order valence-corrected chi connectivity index (χ0v) is 19.5. The Morgan fingerprint density at radius 1 is 1.25 bits per heavy atom. The molecule has 1 aliphatic carbocycles. The number of hydrogen-bond acceptors (Lipinski definition) is 5. The van der Waals surface area contributed by atoms with Crippen molar-refractivity contribution in [2.45, 2.75) is 77.9 Å². The highest BCUT2D eigenvalue weighted by Gasteiger charge is 2.39. The summed E-state index contributed by atoms with van der Waals surface area (Å²) in [6.07, 6.45) is 4.46. The van der Waals surface area contributed by atoms with Gasteiger partial charge in [-0.3, -0.25) is 19.7 Å². The SMILES string of the molecule is Cc1cc(C(=O)N2CCCC2C(=O)NCC2(O)CCC(C(C)(C)C)CC2)ccc1[N+](=O)[O-]. The minimum atomic E-state index is -0.902. The molecule has 2 aliphatic rings. The third-order valence-electron chi connectivity index (χ3n) is 7.19. The lowest BCUT2D eigenvalue weighted by Gasteiger charge is -2.41. The molecule has 176 valence electrons. The Morgan fingerprint density at radius 3 is 2.47 bits per heavy atom. The molecule has 3 rings (SSSR count). The number of benzene rings is 1. The zero-order chi connectivity index (χ0) is 23.7. The number of likely N-dealkylation sites (tertiary alicyclic amines) is 1. The molecule has 2 amide bonds. The molecule has 1 aromatic carbocycles. The monoisotopic (exact) mass is 445 g/mol. The summed E-state index contributed by atoms with van der Waals surface area (Å²) in [4.78, 5) is 38.0. The van der Waals surface area contributed by atoms with Crippen LogP contribution in [0.1, 0.15) is 75.2 Å². The third kappa shape index (κ3) is 5.28. The van der Waals surface area contributed by atoms with Crippen LogP contribution in [0.5, 0.6) is 0 Å². The van der Waals surface area contributed by atoms with E-state index in [9.17, 15) is 24.8 Å². The van der Waals surface area contributed by atoms with E-state index in [2.05, 4.69) is 26.1 Å². The lowest BCUT2D eigenvalue weighted by molar-refractivity contribution is -0.385. The number of nitro benzene ring substituents is 1. The van der Waals surface area contributed by atoms with Crippen molar-refractivity contribution in [3.8, 4) is 0 Å². The molecule has 1 aromatic rings. The molecular formula is C24H35N3O5. The second kappa shape index (κ2) is 9.17. The van der Waals surface area contributed by atoms with Crippen molar-refractivity contribution >= 4 is 17.5 Å². The normalized spacial score (nSPS) is 26.1. The molecular weight excluding hydrogens is 410 g/mol. The molecule has 2 N–H and O–H groups in total. The number of hydrogen-bond donors (Lipinski definition) is 2. The summed E-state index contributed by atoms with van der Waals surface area (Å²) >= 11 is 0. The molecule has 0 spiro atoms. The van der Waals surface area contributed by atoms with Crippen molar-refractivity contribution in [1.82, 2.24) is 10.2 Å². The van der Waals surface area contributed by atoms with Crippen LogP contribution < -0.4 is 5.32 Å². The van der Waals surface area contributed by atoms with E-state index in [4.69, 9.17) is 0 Å². The van der Waals surface area contributed by atoms with E-state index in [1.54, 1.807) is 6.92 Å². The van der Waals surface area contributed by atoms with Crippen molar-refractivity contribution < 1.29 is 19.6 Å². The number of nitrogens with zero attached hydrogens (tertiary/aromatic N) is 2. The van der Waals surface area contributed by atoms with E-state index in [-0.39, 0.29) is 29.5 Å². The smallest absolute Gasteiger partial charge is 0.272 e. The van der Waals surface area contributed by atoms with Crippen LogP contribution in [-0.4, -0.2) is 51.5 Å². The van der Waals surface area contributed by atoms with Crippen molar-refractivity contribution in [2.24, 2.45) is 11.3 Å². The number of aliphatic hydroxyl groups is 1. The van der Waals surface area contributed by atoms with Gasteiger partial charge >= 0.3 is 0 Å². The van der Waals surface area contributed by atoms with Crippen LogP contribution in [0.15, 0.2) is 18.2 Å². The zero-order valence-electron chi connectivity index (χ0n) is 19.5. The first-order valence-electron chi connectivity index (χ1n) is 11.5. The maximum absolute atomic E-state index is 13.0. The van der Waals surface area contributed by atoms with Gasteiger partial charge in [0.2, 0.25) is 5.91 Å². The van der Waals surface area contributed by atoms with E-state index >= 15 is 0 Å². The van der Waals surface area contributed by atoms with Crippen molar-refractivity contribution in [1.29, 1.82) is 0 Å². The van der Waals surface area contributed by atoms with Gasteiger partial charge in [0.05, 0.1) is 10.5 Å². The van der Waals surface area contributed by atoms with E-state index in [0.29, 0.717) is 49.3 Å². The van der Waals surface area contributed by atoms with E-state index in [1.165, 1.54) is 23.1 Å². The van der Waals surface area contributed by atoms with Gasteiger partial charge in [-0.25, -0.2) is 0 Å². The quantitative estimate of drug-likeness (QED) is 0.531. The Kier molecular flexibility index (Phi) is 6.93. The number of rotatable bonds is 5. The highest BCUT2D eigenvalue weighted by Crippen LogP contribution is 2.41. The number of amides is 2. The second-order valence-corrected chi connectivity index (χ2v) is 10.5. The second-order valence-electron chi connectivity index (χ2n) is 10.5. The molecule has 2 fully saturated rings. The van der Waals surface area contributed by atoms with Gasteiger partial charge < -0.3 is 15.3 Å². The lowest BCUT2D eigenvalue weighted by Crippen LogP contribution is -2.51. The molecule has 0 radical (unpaired) electrons. The average molecular weight is 446 g/mol. The van der Waals surface area contributed by atoms with Crippen molar-refractivity contribution in [2.75, 3.05) is 13.1 Å². The number of nitro groups is 1. The summed E-state index contributed by atoms with van der Waals surface area (Å²) in [5, 5.41) is 24.9. The molecule has 1 saturated heterocycles. The predicted octanol–water partition coefficient (Wildman–Crippen LogP) is 3.59. The van der Waals surface area contributed by atoms with Crippen LogP contribution in [0.3, 0.4) is 0 Å². The van der Waals surface area contributed by atoms with Crippen LogP contribution >= 0.6 is 0 Å². The molecule has 1 aliphatic heterocycles. The summed E-state index contributed by atoms with van der Waals surface area (Å²) in [5.74, 6) is 0.0115. The molecule has 0 aromatic heterocycles. The molecule has 1 saturated carbocycles. The van der Waals surface area contributed by atoms with Crippen LogP contribution in [-0.2, 0) is 4.79 Å². The van der Waals surface area contributed by atoms with Gasteiger partial charge in [0, 0.05) is 30.3 Å². The van der Waals surface area contributed by atoms with Gasteiger partial charge in [-0.2, -0.15) is 0 Å². The van der Waals surface area contributed by atoms with E-state index in [0.717, 1.165) is 12.8 Å². The molecule has 8 heteroatoms. The first-order chi connectivity index (χ1) is 14.9. The number of nitrogens with one attached hydrogen (secondary N) is 1. The van der Waals surface area contributed by atoms with E-state index in [1.807, 2.05) is 0 Å². The van der Waals surface area contributed by atoms with Gasteiger partial charge in [0.15, 0.2) is 0 Å². The van der Waals surface area contributed by atoms with Crippen LogP contribution in [0.2, 0.25) is 0 Å². The Morgan fingerprint density at radius 2 is 1.91 bits per heavy atom. The van der Waals surface area contributed by atoms with Crippen LogP contribution in [0, 0.1) is 28.4 Å². The largest absolute Gasteiger partial charge is 0.388 e. The van der Waals surface area contributed by atoms with Gasteiger partial charge in [-0.1, -0.05) is 20.8 Å². The fourth-order valence-corrected chi connectivity index (χ4v) is 5.01. The maximum atomic E-state index is 13.0. The number of carbonyl (C=O) groups excluding carboxylic acids is 2. The maximum Gasteiger partial charge on any atom is 0.272 e. The Bertz CT molecular complexity index is 884. The standard InChI is InChI=1S/C24H35N3O5/c1-16-14-17(7-8-19(16)27(31)32)22(29)26-13-5-6-20(26)21(28)25-15-24(30)11-9-18(10-12-24)23(2,3)4/h7-8,14,18,20,30H,5-6,9-13,15H2,1-4H3,(H,25,28). The fraction of sp³-hybridized carbons (Fsp3) is 0.667. The van der Waals surface area contributed by atoms with Gasteiger partial charge in [-0.05, 0) is 68.9 Å². The van der Waals surface area contributed by atoms with Gasteiger partial charge in [0.25, 0.3) is 11.6 Å². The summed E-state index contributed by atoms with van der Waals surface area (Å²) < 4.78 is 0. The van der Waals surface area contributed by atoms with E-state index < -0.39 is 16.6 Å². The van der Waals surface area contributed by atoms with Crippen LogP contribution in [0.4, 0.5) is 5.69 Å². The highest BCUT2D eigenvalue weighted by atomic mass is 16.6. The average Bonchev–Trinajstić information content (AvgIpc) is 3.20. The van der Waals surface area contributed by atoms with Gasteiger partial charge in [0.1, 0.15) is 6.04 Å². The molecule has 32 heavy (non-hydrogen) atoms. The van der Waals surface area contributed by atoms with Crippen molar-refractivity contribution in [3.63, 3.8) is 0 Å². The summed E-state index contributed by atoms with van der Waals surface area (Å²) in [5.41, 5.74) is 0.0269. The minimum absolute atomic E-state index is 0.0355. The number of carbonyl (C=O) groups is 2. The predicted molar refractivity (Wildman–Crippen MR) is 121 cm³/mol. The van der Waals surface area contributed by atoms with Crippen LogP contribution in [0.25, 0.3) is 0 Å². The summed E-state index contributed by atoms with van der Waals surface area (Å²) in [6.45, 7) is 8.92. The third-order valence-corrected chi connectivity index (χ3v) is 7.19. The summed E-state index contributed by atoms with van der Waals surface area (Å²) in [6, 6.07) is 3.69. The molecule has 1 heterocycles.